The maximum atomic E-state index is 9.84. The van der Waals surface area contributed by atoms with E-state index in [4.69, 9.17) is 9.47 Å². The highest BCUT2D eigenvalue weighted by Gasteiger charge is 2.62. The smallest absolute Gasteiger partial charge is 0.124 e. The van der Waals surface area contributed by atoms with Crippen molar-refractivity contribution in [1.29, 1.82) is 0 Å². The second-order valence-electron chi connectivity index (χ2n) is 6.49. The topological polar surface area (TPSA) is 41.9 Å². The lowest BCUT2D eigenvalue weighted by atomic mass is 9.88. The van der Waals surface area contributed by atoms with Gasteiger partial charge in [-0.1, -0.05) is 20.3 Å². The van der Waals surface area contributed by atoms with E-state index in [-0.39, 0.29) is 24.1 Å². The minimum absolute atomic E-state index is 0.0951. The molecule has 1 aliphatic carbocycles. The summed E-state index contributed by atoms with van der Waals surface area (Å²) < 4.78 is 12.2. The quantitative estimate of drug-likeness (QED) is 0.816. The normalized spacial score (nSPS) is 39.7. The van der Waals surface area contributed by atoms with Crippen molar-refractivity contribution in [2.45, 2.75) is 63.4 Å². The summed E-state index contributed by atoms with van der Waals surface area (Å²) in [4.78, 5) is 2.39. The summed E-state index contributed by atoms with van der Waals surface area (Å²) >= 11 is 0. The van der Waals surface area contributed by atoms with E-state index < -0.39 is 0 Å². The highest BCUT2D eigenvalue weighted by Crippen LogP contribution is 2.49. The molecule has 2 unspecified atom stereocenters. The van der Waals surface area contributed by atoms with Crippen LogP contribution in [0.2, 0.25) is 0 Å². The molecule has 18 heavy (non-hydrogen) atoms. The molecule has 2 heterocycles. The summed E-state index contributed by atoms with van der Waals surface area (Å²) in [6.45, 7) is 5.73. The molecule has 1 N–H and O–H groups in total. The Morgan fingerprint density at radius 2 is 1.94 bits per heavy atom. The van der Waals surface area contributed by atoms with Crippen LogP contribution in [0.15, 0.2) is 0 Å². The molecule has 2 saturated heterocycles. The van der Waals surface area contributed by atoms with Crippen LogP contribution in [-0.2, 0) is 9.47 Å². The van der Waals surface area contributed by atoms with E-state index in [1.54, 1.807) is 0 Å². The lowest BCUT2D eigenvalue weighted by Crippen LogP contribution is -2.58. The highest BCUT2D eigenvalue weighted by molar-refractivity contribution is 5.08. The minimum atomic E-state index is -0.285. The van der Waals surface area contributed by atoms with E-state index in [1.807, 2.05) is 0 Å². The van der Waals surface area contributed by atoms with Crippen molar-refractivity contribution in [2.24, 2.45) is 5.92 Å². The van der Waals surface area contributed by atoms with Crippen LogP contribution in [-0.4, -0.2) is 47.3 Å². The van der Waals surface area contributed by atoms with Crippen LogP contribution in [0, 0.1) is 5.92 Å². The molecule has 0 aromatic heterocycles. The van der Waals surface area contributed by atoms with Gasteiger partial charge in [-0.05, 0) is 31.6 Å². The van der Waals surface area contributed by atoms with Crippen molar-refractivity contribution >= 4 is 0 Å². The molecule has 4 heteroatoms. The molecule has 2 atom stereocenters. The summed E-state index contributed by atoms with van der Waals surface area (Å²) in [6.07, 6.45) is 6.02. The maximum absolute atomic E-state index is 9.84. The maximum Gasteiger partial charge on any atom is 0.124 e. The molecule has 2 aliphatic heterocycles. The van der Waals surface area contributed by atoms with Crippen LogP contribution < -0.4 is 0 Å². The molecule has 0 amide bonds. The lowest BCUT2D eigenvalue weighted by molar-refractivity contribution is -0.166. The van der Waals surface area contributed by atoms with Gasteiger partial charge in [0.15, 0.2) is 0 Å². The fraction of sp³-hybridized carbons (Fsp3) is 1.00. The summed E-state index contributed by atoms with van der Waals surface area (Å²) in [5.41, 5.74) is -0.446. The number of aliphatic hydroxyl groups is 1. The average Bonchev–Trinajstić information content (AvgIpc) is 2.90. The number of hydrogen-bond acceptors (Lipinski definition) is 4. The fourth-order valence-corrected chi connectivity index (χ4v) is 3.92. The summed E-state index contributed by atoms with van der Waals surface area (Å²) in [6, 6.07) is 0. The van der Waals surface area contributed by atoms with Crippen molar-refractivity contribution in [1.82, 2.24) is 4.90 Å². The molecule has 104 valence electrons. The van der Waals surface area contributed by atoms with E-state index in [0.717, 1.165) is 12.8 Å². The standard InChI is InChI=1S/C14H25NO3/c1-11(2)12-15-13(8-16,9-17-12)10-18-14(15)6-4-3-5-7-14/h11-12,16H,3-10H2,1-2H3. The monoisotopic (exact) mass is 255 g/mol. The van der Waals surface area contributed by atoms with Crippen molar-refractivity contribution in [3.63, 3.8) is 0 Å². The van der Waals surface area contributed by atoms with Gasteiger partial charge in [-0.2, -0.15) is 0 Å². The molecule has 4 nitrogen and oxygen atoms in total. The first kappa shape index (κ1) is 12.9. The van der Waals surface area contributed by atoms with Gasteiger partial charge >= 0.3 is 0 Å². The first-order chi connectivity index (χ1) is 8.64. The van der Waals surface area contributed by atoms with Crippen LogP contribution in [0.25, 0.3) is 0 Å². The van der Waals surface area contributed by atoms with Gasteiger partial charge in [-0.25, -0.2) is 4.90 Å². The summed E-state index contributed by atoms with van der Waals surface area (Å²) in [7, 11) is 0. The number of ether oxygens (including phenoxy) is 2. The van der Waals surface area contributed by atoms with Gasteiger partial charge in [0.05, 0.1) is 25.4 Å². The molecule has 3 aliphatic rings. The SMILES string of the molecule is CC(C)C1OCC2(CO)COC3(CCCCC3)N12. The Hall–Kier alpha value is -0.160. The third-order valence-electron chi connectivity index (χ3n) is 4.84. The van der Waals surface area contributed by atoms with Crippen molar-refractivity contribution in [3.05, 3.63) is 0 Å². The first-order valence-electron chi connectivity index (χ1n) is 7.29. The highest BCUT2D eigenvalue weighted by atomic mass is 16.6. The first-order valence-corrected chi connectivity index (χ1v) is 7.29. The van der Waals surface area contributed by atoms with Crippen molar-refractivity contribution in [2.75, 3.05) is 19.8 Å². The average molecular weight is 255 g/mol. The van der Waals surface area contributed by atoms with E-state index in [9.17, 15) is 5.11 Å². The number of aliphatic hydroxyl groups excluding tert-OH is 1. The summed E-state index contributed by atoms with van der Waals surface area (Å²) in [5, 5.41) is 9.84. The second-order valence-corrected chi connectivity index (χ2v) is 6.49. The molecular weight excluding hydrogens is 230 g/mol. The zero-order valence-electron chi connectivity index (χ0n) is 11.5. The minimum Gasteiger partial charge on any atom is -0.394 e. The van der Waals surface area contributed by atoms with Gasteiger partial charge in [0.1, 0.15) is 12.0 Å². The Balaban J connectivity index is 1.93. The molecule has 1 saturated carbocycles. The molecule has 3 rings (SSSR count). The summed E-state index contributed by atoms with van der Waals surface area (Å²) in [5.74, 6) is 0.430. The zero-order valence-corrected chi connectivity index (χ0v) is 11.5. The molecule has 0 radical (unpaired) electrons. The Bertz CT molecular complexity index is 314. The molecule has 3 fully saturated rings. The van der Waals surface area contributed by atoms with Gasteiger partial charge in [0, 0.05) is 0 Å². The van der Waals surface area contributed by atoms with Gasteiger partial charge in [0.25, 0.3) is 0 Å². The van der Waals surface area contributed by atoms with E-state index in [2.05, 4.69) is 18.7 Å². The Kier molecular flexibility index (Phi) is 3.17. The van der Waals surface area contributed by atoms with Crippen LogP contribution >= 0.6 is 0 Å². The molecule has 0 aromatic carbocycles. The van der Waals surface area contributed by atoms with Crippen LogP contribution in [0.3, 0.4) is 0 Å². The second kappa shape index (κ2) is 4.44. The zero-order chi connectivity index (χ0) is 12.8. The van der Waals surface area contributed by atoms with Crippen LogP contribution in [0.1, 0.15) is 46.0 Å². The molecular formula is C14H25NO3. The number of fused-ring (bicyclic) bond motifs is 2. The molecule has 0 bridgehead atoms. The largest absolute Gasteiger partial charge is 0.394 e. The predicted molar refractivity (Wildman–Crippen MR) is 68.0 cm³/mol. The van der Waals surface area contributed by atoms with Gasteiger partial charge in [-0.15, -0.1) is 0 Å². The van der Waals surface area contributed by atoms with E-state index in [1.165, 1.54) is 19.3 Å². The third-order valence-corrected chi connectivity index (χ3v) is 4.84. The number of rotatable bonds is 2. The third kappa shape index (κ3) is 1.66. The van der Waals surface area contributed by atoms with E-state index in [0.29, 0.717) is 19.1 Å². The molecule has 0 aromatic rings. The number of nitrogens with zero attached hydrogens (tertiary/aromatic N) is 1. The fourth-order valence-electron chi connectivity index (χ4n) is 3.92. The predicted octanol–water partition coefficient (Wildman–Crippen LogP) is 1.72. The van der Waals surface area contributed by atoms with Crippen LogP contribution in [0.5, 0.6) is 0 Å². The van der Waals surface area contributed by atoms with Crippen molar-refractivity contribution in [3.8, 4) is 0 Å². The lowest BCUT2D eigenvalue weighted by Gasteiger charge is -2.45. The van der Waals surface area contributed by atoms with Gasteiger partial charge in [0.2, 0.25) is 0 Å². The Morgan fingerprint density at radius 3 is 2.56 bits per heavy atom. The van der Waals surface area contributed by atoms with Gasteiger partial charge < -0.3 is 14.6 Å². The molecule has 1 spiro atoms. The van der Waals surface area contributed by atoms with Gasteiger partial charge in [-0.3, -0.25) is 0 Å². The van der Waals surface area contributed by atoms with E-state index >= 15 is 0 Å². The van der Waals surface area contributed by atoms with Crippen LogP contribution in [0.4, 0.5) is 0 Å². The Labute approximate surface area is 109 Å². The number of hydrogen-bond donors (Lipinski definition) is 1. The Morgan fingerprint density at radius 1 is 1.22 bits per heavy atom. The van der Waals surface area contributed by atoms with Crippen molar-refractivity contribution < 1.29 is 14.6 Å².